The molecule has 3 rings (SSSR count). The number of piperidine rings is 1. The summed E-state index contributed by atoms with van der Waals surface area (Å²) in [7, 11) is 1.78. The SMILES string of the molecule is CN=C(NCC1(O)CCSC1)NC1CCCN(c2ccccc2Cl)C1. The van der Waals surface area contributed by atoms with Gasteiger partial charge in [-0.05, 0) is 37.1 Å². The van der Waals surface area contributed by atoms with E-state index in [4.69, 9.17) is 11.6 Å². The third kappa shape index (κ3) is 4.96. The van der Waals surface area contributed by atoms with Crippen LogP contribution in [0.5, 0.6) is 0 Å². The average molecular weight is 383 g/mol. The Bertz CT molecular complexity index is 606. The average Bonchev–Trinajstić information content (AvgIpc) is 3.06. The molecule has 1 aromatic carbocycles. The maximum atomic E-state index is 10.5. The fourth-order valence-corrected chi connectivity index (χ4v) is 4.94. The lowest BCUT2D eigenvalue weighted by atomic mass is 10.0. The van der Waals surface area contributed by atoms with Crippen LogP contribution in [0.1, 0.15) is 19.3 Å². The van der Waals surface area contributed by atoms with Crippen LogP contribution in [0.4, 0.5) is 5.69 Å². The van der Waals surface area contributed by atoms with E-state index in [0.29, 0.717) is 12.6 Å². The summed E-state index contributed by atoms with van der Waals surface area (Å²) in [4.78, 5) is 6.65. The molecule has 3 N–H and O–H groups in total. The van der Waals surface area contributed by atoms with E-state index in [2.05, 4.69) is 26.6 Å². The van der Waals surface area contributed by atoms with Crippen LogP contribution >= 0.6 is 23.4 Å². The van der Waals surface area contributed by atoms with Crippen molar-refractivity contribution in [3.8, 4) is 0 Å². The first kappa shape index (κ1) is 18.7. The Morgan fingerprint density at radius 2 is 2.32 bits per heavy atom. The van der Waals surface area contributed by atoms with Gasteiger partial charge in [0.2, 0.25) is 0 Å². The summed E-state index contributed by atoms with van der Waals surface area (Å²) in [5.41, 5.74) is 0.481. The number of aliphatic hydroxyl groups is 1. The molecule has 2 aliphatic heterocycles. The minimum Gasteiger partial charge on any atom is -0.387 e. The van der Waals surface area contributed by atoms with E-state index in [9.17, 15) is 5.11 Å². The number of anilines is 1. The number of hydrogen-bond acceptors (Lipinski definition) is 4. The number of halogens is 1. The second-order valence-corrected chi connectivity index (χ2v) is 8.35. The van der Waals surface area contributed by atoms with Crippen LogP contribution in [0.2, 0.25) is 5.02 Å². The molecule has 0 saturated carbocycles. The topological polar surface area (TPSA) is 59.9 Å². The van der Waals surface area contributed by atoms with Gasteiger partial charge < -0.3 is 20.6 Å². The van der Waals surface area contributed by atoms with Gasteiger partial charge in [0, 0.05) is 38.5 Å². The summed E-state index contributed by atoms with van der Waals surface area (Å²) in [6.07, 6.45) is 3.05. The molecule has 0 aliphatic carbocycles. The second kappa shape index (κ2) is 8.52. The number of thioether (sulfide) groups is 1. The Labute approximate surface area is 159 Å². The number of nitrogens with zero attached hydrogens (tertiary/aromatic N) is 2. The summed E-state index contributed by atoms with van der Waals surface area (Å²) in [6.45, 7) is 2.45. The minimum atomic E-state index is -0.613. The zero-order chi connectivity index (χ0) is 17.7. The first-order chi connectivity index (χ1) is 12.1. The van der Waals surface area contributed by atoms with Crippen molar-refractivity contribution >= 4 is 35.0 Å². The molecule has 5 nitrogen and oxygen atoms in total. The lowest BCUT2D eigenvalue weighted by Gasteiger charge is -2.36. The maximum absolute atomic E-state index is 10.5. The smallest absolute Gasteiger partial charge is 0.191 e. The molecule has 0 aromatic heterocycles. The van der Waals surface area contributed by atoms with Crippen LogP contribution in [0.25, 0.3) is 0 Å². The fourth-order valence-electron chi connectivity index (χ4n) is 3.39. The zero-order valence-electron chi connectivity index (χ0n) is 14.7. The summed E-state index contributed by atoms with van der Waals surface area (Å²) >= 11 is 8.15. The first-order valence-electron chi connectivity index (χ1n) is 8.86. The van der Waals surface area contributed by atoms with E-state index >= 15 is 0 Å². The molecule has 0 amide bonds. The Hall–Kier alpha value is -1.11. The number of aliphatic imine (C=N–C) groups is 1. The molecule has 0 bridgehead atoms. The Balaban J connectivity index is 1.55. The van der Waals surface area contributed by atoms with Crippen molar-refractivity contribution in [1.29, 1.82) is 0 Å². The number of guanidine groups is 1. The molecule has 1 aromatic rings. The molecule has 2 saturated heterocycles. The van der Waals surface area contributed by atoms with Gasteiger partial charge in [-0.2, -0.15) is 11.8 Å². The largest absolute Gasteiger partial charge is 0.387 e. The second-order valence-electron chi connectivity index (χ2n) is 6.83. The summed E-state index contributed by atoms with van der Waals surface area (Å²) in [5, 5.41) is 18.1. The van der Waals surface area contributed by atoms with Crippen LogP contribution in [0, 0.1) is 0 Å². The molecule has 2 aliphatic rings. The third-order valence-electron chi connectivity index (χ3n) is 4.85. The molecular weight excluding hydrogens is 356 g/mol. The summed E-state index contributed by atoms with van der Waals surface area (Å²) in [6, 6.07) is 8.31. The van der Waals surface area contributed by atoms with E-state index in [-0.39, 0.29) is 0 Å². The van der Waals surface area contributed by atoms with Gasteiger partial charge in [-0.25, -0.2) is 0 Å². The van der Waals surface area contributed by atoms with Crippen LogP contribution in [0.15, 0.2) is 29.3 Å². The van der Waals surface area contributed by atoms with Crippen LogP contribution < -0.4 is 15.5 Å². The van der Waals surface area contributed by atoms with E-state index in [1.807, 2.05) is 18.2 Å². The predicted molar refractivity (Wildman–Crippen MR) is 108 cm³/mol. The van der Waals surface area contributed by atoms with Crippen molar-refractivity contribution in [3.63, 3.8) is 0 Å². The van der Waals surface area contributed by atoms with Gasteiger partial charge in [0.1, 0.15) is 0 Å². The summed E-state index contributed by atoms with van der Waals surface area (Å²) in [5.74, 6) is 2.58. The summed E-state index contributed by atoms with van der Waals surface area (Å²) < 4.78 is 0. The van der Waals surface area contributed by atoms with E-state index in [1.54, 1.807) is 18.8 Å². The van der Waals surface area contributed by atoms with Gasteiger partial charge in [-0.3, -0.25) is 4.99 Å². The number of hydrogen-bond donors (Lipinski definition) is 3. The molecule has 0 spiro atoms. The van der Waals surface area contributed by atoms with Gasteiger partial charge in [0.25, 0.3) is 0 Å². The highest BCUT2D eigenvalue weighted by atomic mass is 35.5. The van der Waals surface area contributed by atoms with E-state index < -0.39 is 5.60 Å². The van der Waals surface area contributed by atoms with E-state index in [0.717, 1.165) is 60.5 Å². The van der Waals surface area contributed by atoms with Crippen LogP contribution in [0.3, 0.4) is 0 Å². The normalized spacial score (nSPS) is 27.4. The van der Waals surface area contributed by atoms with Crippen molar-refractivity contribution in [2.24, 2.45) is 4.99 Å². The molecule has 2 heterocycles. The maximum Gasteiger partial charge on any atom is 0.191 e. The predicted octanol–water partition coefficient (Wildman–Crippen LogP) is 2.34. The fraction of sp³-hybridized carbons (Fsp3) is 0.611. The molecule has 138 valence electrons. The lowest BCUT2D eigenvalue weighted by molar-refractivity contribution is 0.0723. The van der Waals surface area contributed by atoms with Crippen LogP contribution in [-0.2, 0) is 0 Å². The highest BCUT2D eigenvalue weighted by Gasteiger charge is 2.32. The number of rotatable bonds is 4. The van der Waals surface area contributed by atoms with Crippen LogP contribution in [-0.4, -0.2) is 60.9 Å². The molecule has 2 fully saturated rings. The molecule has 0 radical (unpaired) electrons. The molecule has 2 atom stereocenters. The highest BCUT2D eigenvalue weighted by Crippen LogP contribution is 2.28. The first-order valence-corrected chi connectivity index (χ1v) is 10.4. The zero-order valence-corrected chi connectivity index (χ0v) is 16.2. The number of nitrogens with one attached hydrogen (secondary N) is 2. The number of para-hydroxylation sites is 1. The Morgan fingerprint density at radius 1 is 1.48 bits per heavy atom. The van der Waals surface area contributed by atoms with Crippen molar-refractivity contribution in [3.05, 3.63) is 29.3 Å². The van der Waals surface area contributed by atoms with Crippen molar-refractivity contribution in [2.45, 2.75) is 30.9 Å². The molecule has 7 heteroatoms. The van der Waals surface area contributed by atoms with E-state index in [1.165, 1.54) is 0 Å². The van der Waals surface area contributed by atoms with Crippen molar-refractivity contribution in [1.82, 2.24) is 10.6 Å². The van der Waals surface area contributed by atoms with Gasteiger partial charge >= 0.3 is 0 Å². The lowest BCUT2D eigenvalue weighted by Crippen LogP contribution is -2.53. The van der Waals surface area contributed by atoms with Gasteiger partial charge in [-0.1, -0.05) is 23.7 Å². The highest BCUT2D eigenvalue weighted by molar-refractivity contribution is 7.99. The van der Waals surface area contributed by atoms with Gasteiger partial charge in [0.05, 0.1) is 16.3 Å². The quantitative estimate of drug-likeness (QED) is 0.551. The molecule has 25 heavy (non-hydrogen) atoms. The Kier molecular flexibility index (Phi) is 6.36. The monoisotopic (exact) mass is 382 g/mol. The minimum absolute atomic E-state index is 0.309. The Morgan fingerprint density at radius 3 is 3.04 bits per heavy atom. The molecule has 2 unspecified atom stereocenters. The van der Waals surface area contributed by atoms with Crippen molar-refractivity contribution in [2.75, 3.05) is 43.1 Å². The number of benzene rings is 1. The standard InChI is InChI=1S/C18H27ClN4OS/c1-20-17(21-12-18(24)8-10-25-13-18)22-14-5-4-9-23(11-14)16-7-3-2-6-15(16)19/h2-3,6-7,14,24H,4-5,8-13H2,1H3,(H2,20,21,22). The third-order valence-corrected chi connectivity index (χ3v) is 6.40. The van der Waals surface area contributed by atoms with Crippen molar-refractivity contribution < 1.29 is 5.11 Å². The van der Waals surface area contributed by atoms with Gasteiger partial charge in [0.15, 0.2) is 5.96 Å². The molecular formula is C18H27ClN4OS. The van der Waals surface area contributed by atoms with Gasteiger partial charge in [-0.15, -0.1) is 0 Å².